The lowest BCUT2D eigenvalue weighted by Gasteiger charge is -2.06. The molecule has 0 bridgehead atoms. The van der Waals surface area contributed by atoms with E-state index in [2.05, 4.69) is 9.71 Å². The number of hydrogen-bond donors (Lipinski definition) is 1. The van der Waals surface area contributed by atoms with Crippen LogP contribution in [0.4, 0.5) is 10.1 Å². The van der Waals surface area contributed by atoms with Gasteiger partial charge in [-0.2, -0.15) is 5.26 Å². The molecule has 5 nitrogen and oxygen atoms in total. The standard InChI is InChI=1S/C10H5ClFN3O2S2/c11-10-14-5-9(18-10)19(16,17)15-8-2-1-6(4-13)3-7(8)12/h1-3,5,15H. The van der Waals surface area contributed by atoms with Crippen molar-refractivity contribution in [2.45, 2.75) is 4.21 Å². The lowest BCUT2D eigenvalue weighted by molar-refractivity contribution is 0.600. The van der Waals surface area contributed by atoms with Crippen molar-refractivity contribution in [3.63, 3.8) is 0 Å². The summed E-state index contributed by atoms with van der Waals surface area (Å²) >= 11 is 6.30. The molecule has 98 valence electrons. The first kappa shape index (κ1) is 13.7. The van der Waals surface area contributed by atoms with Crippen molar-refractivity contribution in [2.75, 3.05) is 4.72 Å². The van der Waals surface area contributed by atoms with E-state index in [1.165, 1.54) is 12.1 Å². The third-order valence-electron chi connectivity index (χ3n) is 2.06. The summed E-state index contributed by atoms with van der Waals surface area (Å²) in [5.74, 6) is -0.835. The number of rotatable bonds is 3. The van der Waals surface area contributed by atoms with E-state index in [0.29, 0.717) is 0 Å². The number of nitrogens with one attached hydrogen (secondary N) is 1. The van der Waals surface area contributed by atoms with Crippen LogP contribution < -0.4 is 4.72 Å². The van der Waals surface area contributed by atoms with E-state index in [-0.39, 0.29) is 19.9 Å². The second-order valence-corrected chi connectivity index (χ2v) is 6.87. The minimum Gasteiger partial charge on any atom is -0.276 e. The van der Waals surface area contributed by atoms with Gasteiger partial charge in [-0.15, -0.1) is 0 Å². The van der Waals surface area contributed by atoms with Crippen LogP contribution in [0.15, 0.2) is 28.6 Å². The van der Waals surface area contributed by atoms with Crippen LogP contribution in [0.5, 0.6) is 0 Å². The second-order valence-electron chi connectivity index (χ2n) is 3.34. The number of nitrogens with zero attached hydrogens (tertiary/aromatic N) is 2. The number of hydrogen-bond acceptors (Lipinski definition) is 5. The molecule has 0 unspecified atom stereocenters. The molecule has 0 atom stereocenters. The molecule has 1 aromatic heterocycles. The molecule has 0 saturated carbocycles. The fourth-order valence-electron chi connectivity index (χ4n) is 1.23. The van der Waals surface area contributed by atoms with Crippen molar-refractivity contribution in [3.8, 4) is 6.07 Å². The van der Waals surface area contributed by atoms with Gasteiger partial charge in [0.05, 0.1) is 23.5 Å². The summed E-state index contributed by atoms with van der Waals surface area (Å²) in [6.45, 7) is 0. The molecule has 0 aliphatic carbocycles. The summed E-state index contributed by atoms with van der Waals surface area (Å²) in [7, 11) is -3.94. The summed E-state index contributed by atoms with van der Waals surface area (Å²) in [4.78, 5) is 3.60. The number of aromatic nitrogens is 1. The van der Waals surface area contributed by atoms with Crippen molar-refractivity contribution in [1.82, 2.24) is 4.98 Å². The Morgan fingerprint density at radius 3 is 2.74 bits per heavy atom. The van der Waals surface area contributed by atoms with Gasteiger partial charge in [0.2, 0.25) is 0 Å². The summed E-state index contributed by atoms with van der Waals surface area (Å²) < 4.78 is 39.4. The molecule has 0 amide bonds. The lowest BCUT2D eigenvalue weighted by Crippen LogP contribution is -2.12. The molecule has 19 heavy (non-hydrogen) atoms. The lowest BCUT2D eigenvalue weighted by atomic mass is 10.2. The number of halogens is 2. The first-order valence-corrected chi connectivity index (χ1v) is 7.44. The zero-order valence-corrected chi connectivity index (χ0v) is 11.5. The van der Waals surface area contributed by atoms with Crippen molar-refractivity contribution in [1.29, 1.82) is 5.26 Å². The van der Waals surface area contributed by atoms with Gasteiger partial charge in [0.1, 0.15) is 5.82 Å². The van der Waals surface area contributed by atoms with Crippen LogP contribution in [-0.2, 0) is 10.0 Å². The molecule has 2 aromatic rings. The highest BCUT2D eigenvalue weighted by Crippen LogP contribution is 2.25. The molecule has 0 fully saturated rings. The second kappa shape index (κ2) is 5.13. The maximum absolute atomic E-state index is 13.6. The van der Waals surface area contributed by atoms with Crippen molar-refractivity contribution in [3.05, 3.63) is 40.2 Å². The molecule has 0 saturated heterocycles. The Labute approximate surface area is 117 Å². The van der Waals surface area contributed by atoms with E-state index < -0.39 is 15.8 Å². The van der Waals surface area contributed by atoms with Crippen LogP contribution in [-0.4, -0.2) is 13.4 Å². The zero-order chi connectivity index (χ0) is 14.0. The monoisotopic (exact) mass is 317 g/mol. The van der Waals surface area contributed by atoms with Gasteiger partial charge in [-0.25, -0.2) is 17.8 Å². The molecule has 0 radical (unpaired) electrons. The van der Waals surface area contributed by atoms with Crippen LogP contribution in [0, 0.1) is 17.1 Å². The van der Waals surface area contributed by atoms with E-state index in [9.17, 15) is 12.8 Å². The Balaban J connectivity index is 2.34. The number of anilines is 1. The SMILES string of the molecule is N#Cc1ccc(NS(=O)(=O)c2cnc(Cl)s2)c(F)c1. The van der Waals surface area contributed by atoms with Crippen LogP contribution >= 0.6 is 22.9 Å². The van der Waals surface area contributed by atoms with Gasteiger partial charge < -0.3 is 0 Å². The highest BCUT2D eigenvalue weighted by atomic mass is 35.5. The van der Waals surface area contributed by atoms with E-state index in [0.717, 1.165) is 23.6 Å². The van der Waals surface area contributed by atoms with Gasteiger partial charge in [-0.05, 0) is 18.2 Å². The van der Waals surface area contributed by atoms with Crippen LogP contribution in [0.3, 0.4) is 0 Å². The molecule has 0 aliphatic heterocycles. The fraction of sp³-hybridized carbons (Fsp3) is 0. The number of nitriles is 1. The Morgan fingerprint density at radius 1 is 1.47 bits per heavy atom. The van der Waals surface area contributed by atoms with E-state index in [1.54, 1.807) is 6.07 Å². The molecular weight excluding hydrogens is 313 g/mol. The Morgan fingerprint density at radius 2 is 2.21 bits per heavy atom. The van der Waals surface area contributed by atoms with E-state index >= 15 is 0 Å². The van der Waals surface area contributed by atoms with Gasteiger partial charge in [-0.1, -0.05) is 22.9 Å². The number of thiazole rings is 1. The average Bonchev–Trinajstić information content (AvgIpc) is 2.79. The topological polar surface area (TPSA) is 82.9 Å². The maximum atomic E-state index is 13.6. The molecule has 1 N–H and O–H groups in total. The van der Waals surface area contributed by atoms with E-state index in [4.69, 9.17) is 16.9 Å². The Hall–Kier alpha value is -1.69. The van der Waals surface area contributed by atoms with Gasteiger partial charge in [0.25, 0.3) is 10.0 Å². The summed E-state index contributed by atoms with van der Waals surface area (Å²) in [6.07, 6.45) is 1.08. The Bertz CT molecular complexity index is 767. The first-order valence-electron chi connectivity index (χ1n) is 4.76. The zero-order valence-electron chi connectivity index (χ0n) is 9.09. The number of sulfonamides is 1. The van der Waals surface area contributed by atoms with Crippen molar-refractivity contribution < 1.29 is 12.8 Å². The van der Waals surface area contributed by atoms with Gasteiger partial charge in [0, 0.05) is 0 Å². The third-order valence-corrected chi connectivity index (χ3v) is 5.01. The first-order chi connectivity index (χ1) is 8.92. The maximum Gasteiger partial charge on any atom is 0.273 e. The summed E-state index contributed by atoms with van der Waals surface area (Å²) in [6, 6.07) is 5.17. The molecule has 1 heterocycles. The predicted octanol–water partition coefficient (Wildman–Crippen LogP) is 2.61. The molecule has 2 rings (SSSR count). The smallest absolute Gasteiger partial charge is 0.273 e. The number of benzene rings is 1. The largest absolute Gasteiger partial charge is 0.276 e. The predicted molar refractivity (Wildman–Crippen MR) is 69.0 cm³/mol. The molecule has 1 aromatic carbocycles. The molecule has 0 aliphatic rings. The average molecular weight is 318 g/mol. The summed E-state index contributed by atoms with van der Waals surface area (Å²) in [5, 5.41) is 8.59. The normalized spacial score (nSPS) is 11.0. The van der Waals surface area contributed by atoms with Gasteiger partial charge in [-0.3, -0.25) is 4.72 Å². The fourth-order valence-corrected chi connectivity index (χ4v) is 3.59. The van der Waals surface area contributed by atoms with Crippen LogP contribution in [0.25, 0.3) is 0 Å². The minimum absolute atomic E-state index is 0.0701. The third kappa shape index (κ3) is 3.01. The van der Waals surface area contributed by atoms with Crippen LogP contribution in [0.1, 0.15) is 5.56 Å². The Kier molecular flexibility index (Phi) is 3.71. The summed E-state index contributed by atoms with van der Waals surface area (Å²) in [5.41, 5.74) is -0.148. The van der Waals surface area contributed by atoms with Gasteiger partial charge >= 0.3 is 0 Å². The molecular formula is C10H5ClFN3O2S2. The highest BCUT2D eigenvalue weighted by molar-refractivity contribution is 7.94. The highest BCUT2D eigenvalue weighted by Gasteiger charge is 2.19. The minimum atomic E-state index is -3.94. The van der Waals surface area contributed by atoms with Crippen LogP contribution in [0.2, 0.25) is 4.47 Å². The van der Waals surface area contributed by atoms with E-state index in [1.807, 2.05) is 0 Å². The molecule has 9 heteroatoms. The van der Waals surface area contributed by atoms with Gasteiger partial charge in [0.15, 0.2) is 8.68 Å². The van der Waals surface area contributed by atoms with Crippen molar-refractivity contribution in [2.24, 2.45) is 0 Å². The molecule has 0 spiro atoms. The van der Waals surface area contributed by atoms with Crippen molar-refractivity contribution >= 4 is 38.6 Å². The quantitative estimate of drug-likeness (QED) is 0.943.